The van der Waals surface area contributed by atoms with Crippen LogP contribution in [0.1, 0.15) is 19.3 Å². The highest BCUT2D eigenvalue weighted by atomic mass is 16.5. The van der Waals surface area contributed by atoms with Gasteiger partial charge in [-0.3, -0.25) is 4.79 Å². The van der Waals surface area contributed by atoms with E-state index in [-0.39, 0.29) is 24.0 Å². The van der Waals surface area contributed by atoms with Crippen LogP contribution >= 0.6 is 0 Å². The van der Waals surface area contributed by atoms with E-state index in [2.05, 4.69) is 5.32 Å². The van der Waals surface area contributed by atoms with E-state index in [1.54, 1.807) is 0 Å². The first-order chi connectivity index (χ1) is 11.2. The van der Waals surface area contributed by atoms with Gasteiger partial charge < -0.3 is 15.8 Å². The topological polar surface area (TPSA) is 64.3 Å². The molecule has 2 aromatic carbocycles. The Hall–Kier alpha value is -2.33. The monoisotopic (exact) mass is 310 g/mol. The molecule has 1 aliphatic rings. The molecule has 1 aliphatic carbocycles. The van der Waals surface area contributed by atoms with Gasteiger partial charge in [0.15, 0.2) is 0 Å². The lowest BCUT2D eigenvalue weighted by atomic mass is 9.82. The number of carbonyl (C=O) groups excluding carboxylic acids is 1. The summed E-state index contributed by atoms with van der Waals surface area (Å²) in [6.45, 7) is 0. The lowest BCUT2D eigenvalue weighted by molar-refractivity contribution is -0.121. The van der Waals surface area contributed by atoms with Crippen LogP contribution in [0.4, 0.5) is 5.69 Å². The number of nitrogens with one attached hydrogen (secondary N) is 1. The summed E-state index contributed by atoms with van der Waals surface area (Å²) >= 11 is 0. The van der Waals surface area contributed by atoms with Gasteiger partial charge in [0, 0.05) is 18.2 Å². The van der Waals surface area contributed by atoms with Crippen molar-refractivity contribution in [2.24, 2.45) is 11.7 Å². The number of carbonyl (C=O) groups is 1. The SMILES string of the molecule is NC1CC(Oc2ccccc2)CCC1C(=O)Nc1ccccc1. The summed E-state index contributed by atoms with van der Waals surface area (Å²) in [5.74, 6) is 0.699. The van der Waals surface area contributed by atoms with Gasteiger partial charge in [-0.2, -0.15) is 0 Å². The average molecular weight is 310 g/mol. The van der Waals surface area contributed by atoms with E-state index in [4.69, 9.17) is 10.5 Å². The summed E-state index contributed by atoms with van der Waals surface area (Å²) in [6.07, 6.45) is 2.36. The minimum Gasteiger partial charge on any atom is -0.490 e. The van der Waals surface area contributed by atoms with E-state index in [1.165, 1.54) is 0 Å². The van der Waals surface area contributed by atoms with Crippen LogP contribution in [0.15, 0.2) is 60.7 Å². The molecule has 0 radical (unpaired) electrons. The zero-order valence-corrected chi connectivity index (χ0v) is 13.0. The van der Waals surface area contributed by atoms with Crippen molar-refractivity contribution in [3.05, 3.63) is 60.7 Å². The number of anilines is 1. The van der Waals surface area contributed by atoms with E-state index in [1.807, 2.05) is 60.7 Å². The van der Waals surface area contributed by atoms with E-state index in [0.29, 0.717) is 6.42 Å². The predicted molar refractivity (Wildman–Crippen MR) is 91.2 cm³/mol. The van der Waals surface area contributed by atoms with Crippen LogP contribution in [-0.4, -0.2) is 18.1 Å². The fourth-order valence-electron chi connectivity index (χ4n) is 3.05. The van der Waals surface area contributed by atoms with Crippen molar-refractivity contribution in [1.82, 2.24) is 0 Å². The Labute approximate surface area is 136 Å². The maximum absolute atomic E-state index is 12.4. The summed E-state index contributed by atoms with van der Waals surface area (Å²) in [4.78, 5) is 12.4. The standard InChI is InChI=1S/C19H22N2O2/c20-18-13-16(23-15-9-5-2-6-10-15)11-12-17(18)19(22)21-14-7-3-1-4-8-14/h1-10,16-18H,11-13,20H2,(H,21,22). The van der Waals surface area contributed by atoms with Gasteiger partial charge in [-0.05, 0) is 37.1 Å². The third kappa shape index (κ3) is 4.11. The zero-order valence-electron chi connectivity index (χ0n) is 13.0. The summed E-state index contributed by atoms with van der Waals surface area (Å²) < 4.78 is 5.96. The molecule has 0 aromatic heterocycles. The highest BCUT2D eigenvalue weighted by Gasteiger charge is 2.33. The third-order valence-corrected chi connectivity index (χ3v) is 4.28. The molecule has 2 aromatic rings. The molecule has 0 saturated heterocycles. The second-order valence-corrected chi connectivity index (χ2v) is 5.99. The van der Waals surface area contributed by atoms with Crippen LogP contribution in [0, 0.1) is 5.92 Å². The van der Waals surface area contributed by atoms with Crippen LogP contribution in [-0.2, 0) is 4.79 Å². The summed E-state index contributed by atoms with van der Waals surface area (Å²) in [6, 6.07) is 19.1. The molecule has 3 unspecified atom stereocenters. The second kappa shape index (κ2) is 7.29. The summed E-state index contributed by atoms with van der Waals surface area (Å²) in [7, 11) is 0. The van der Waals surface area contributed by atoms with E-state index >= 15 is 0 Å². The van der Waals surface area contributed by atoms with E-state index in [0.717, 1.165) is 24.3 Å². The Morgan fingerprint density at radius 2 is 1.65 bits per heavy atom. The minimum absolute atomic E-state index is 0.00172. The highest BCUT2D eigenvalue weighted by molar-refractivity contribution is 5.93. The zero-order chi connectivity index (χ0) is 16.1. The molecule has 1 fully saturated rings. The fraction of sp³-hybridized carbons (Fsp3) is 0.316. The van der Waals surface area contributed by atoms with Gasteiger partial charge in [0.1, 0.15) is 11.9 Å². The highest BCUT2D eigenvalue weighted by Crippen LogP contribution is 2.28. The molecule has 3 rings (SSSR count). The van der Waals surface area contributed by atoms with Gasteiger partial charge in [0.05, 0.1) is 5.92 Å². The Balaban J connectivity index is 1.55. The molecular formula is C19H22N2O2. The van der Waals surface area contributed by atoms with Crippen molar-refractivity contribution in [2.45, 2.75) is 31.4 Å². The Kier molecular flexibility index (Phi) is 4.93. The van der Waals surface area contributed by atoms with Crippen molar-refractivity contribution >= 4 is 11.6 Å². The van der Waals surface area contributed by atoms with Gasteiger partial charge >= 0.3 is 0 Å². The minimum atomic E-state index is -0.179. The maximum Gasteiger partial charge on any atom is 0.229 e. The number of nitrogens with two attached hydrogens (primary N) is 1. The van der Waals surface area contributed by atoms with Gasteiger partial charge in [0.2, 0.25) is 5.91 Å². The molecule has 0 aliphatic heterocycles. The number of amides is 1. The molecule has 0 spiro atoms. The first-order valence-electron chi connectivity index (χ1n) is 8.05. The van der Waals surface area contributed by atoms with Crippen LogP contribution in [0.3, 0.4) is 0 Å². The number of hydrogen-bond donors (Lipinski definition) is 2. The van der Waals surface area contributed by atoms with Crippen molar-refractivity contribution in [3.8, 4) is 5.75 Å². The quantitative estimate of drug-likeness (QED) is 0.911. The predicted octanol–water partition coefficient (Wildman–Crippen LogP) is 3.20. The molecular weight excluding hydrogens is 288 g/mol. The average Bonchev–Trinajstić information content (AvgIpc) is 2.57. The lowest BCUT2D eigenvalue weighted by Crippen LogP contribution is -2.45. The summed E-state index contributed by atoms with van der Waals surface area (Å²) in [5.41, 5.74) is 7.05. The Morgan fingerprint density at radius 1 is 1.00 bits per heavy atom. The number of para-hydroxylation sites is 2. The number of benzene rings is 2. The Bertz CT molecular complexity index is 630. The molecule has 0 heterocycles. The van der Waals surface area contributed by atoms with Crippen molar-refractivity contribution in [1.29, 1.82) is 0 Å². The van der Waals surface area contributed by atoms with Crippen LogP contribution in [0.25, 0.3) is 0 Å². The van der Waals surface area contributed by atoms with Gasteiger partial charge in [-0.15, -0.1) is 0 Å². The molecule has 3 atom stereocenters. The van der Waals surface area contributed by atoms with Crippen LogP contribution in [0.2, 0.25) is 0 Å². The number of hydrogen-bond acceptors (Lipinski definition) is 3. The normalized spacial score (nSPS) is 24.0. The van der Waals surface area contributed by atoms with Crippen LogP contribution in [0.5, 0.6) is 5.75 Å². The molecule has 23 heavy (non-hydrogen) atoms. The van der Waals surface area contributed by atoms with E-state index in [9.17, 15) is 4.79 Å². The summed E-state index contributed by atoms with van der Waals surface area (Å²) in [5, 5.41) is 2.95. The smallest absolute Gasteiger partial charge is 0.229 e. The second-order valence-electron chi connectivity index (χ2n) is 5.99. The third-order valence-electron chi connectivity index (χ3n) is 4.28. The molecule has 4 nitrogen and oxygen atoms in total. The van der Waals surface area contributed by atoms with Gasteiger partial charge in [0.25, 0.3) is 0 Å². The molecule has 0 bridgehead atoms. The van der Waals surface area contributed by atoms with Crippen LogP contribution < -0.4 is 15.8 Å². The first kappa shape index (κ1) is 15.6. The number of rotatable bonds is 4. The number of ether oxygens (including phenoxy) is 1. The molecule has 1 saturated carbocycles. The van der Waals surface area contributed by atoms with Gasteiger partial charge in [-0.1, -0.05) is 36.4 Å². The Morgan fingerprint density at radius 3 is 2.30 bits per heavy atom. The fourth-order valence-corrected chi connectivity index (χ4v) is 3.05. The first-order valence-corrected chi connectivity index (χ1v) is 8.05. The van der Waals surface area contributed by atoms with E-state index < -0.39 is 0 Å². The maximum atomic E-state index is 12.4. The largest absolute Gasteiger partial charge is 0.490 e. The molecule has 4 heteroatoms. The van der Waals surface area contributed by atoms with Gasteiger partial charge in [-0.25, -0.2) is 0 Å². The van der Waals surface area contributed by atoms with Crippen molar-refractivity contribution in [2.75, 3.05) is 5.32 Å². The molecule has 1 amide bonds. The van der Waals surface area contributed by atoms with Crippen molar-refractivity contribution < 1.29 is 9.53 Å². The lowest BCUT2D eigenvalue weighted by Gasteiger charge is -2.33. The molecule has 3 N–H and O–H groups in total. The molecule has 120 valence electrons. The van der Waals surface area contributed by atoms with Crippen molar-refractivity contribution in [3.63, 3.8) is 0 Å².